The molecule has 2 aromatic heterocycles. The third-order valence-electron chi connectivity index (χ3n) is 3.74. The van der Waals surface area contributed by atoms with Gasteiger partial charge in [0, 0.05) is 24.0 Å². The first-order valence-corrected chi connectivity index (χ1v) is 8.98. The smallest absolute Gasteiger partial charge is 0.295 e. The molecule has 0 spiro atoms. The van der Waals surface area contributed by atoms with Crippen molar-refractivity contribution in [2.24, 2.45) is 0 Å². The second-order valence-electron chi connectivity index (χ2n) is 5.58. The van der Waals surface area contributed by atoms with Crippen molar-refractivity contribution in [3.63, 3.8) is 0 Å². The number of pyridine rings is 2. The lowest BCUT2D eigenvalue weighted by atomic mass is 10.1. The van der Waals surface area contributed by atoms with E-state index in [1.54, 1.807) is 36.7 Å². The zero-order valence-corrected chi connectivity index (χ0v) is 14.0. The number of hydrogen-bond donors (Lipinski definition) is 4. The van der Waals surface area contributed by atoms with E-state index in [0.29, 0.717) is 11.3 Å². The Bertz CT molecular complexity index is 863. The highest BCUT2D eigenvalue weighted by molar-refractivity contribution is 7.86. The maximum atomic E-state index is 11.3. The Kier molecular flexibility index (Phi) is 5.18. The number of aliphatic hydroxyl groups is 3. The van der Waals surface area contributed by atoms with Gasteiger partial charge in [-0.1, -0.05) is 6.07 Å². The molecule has 1 unspecified atom stereocenters. The second kappa shape index (κ2) is 7.23. The van der Waals surface area contributed by atoms with E-state index in [4.69, 9.17) is 14.0 Å². The van der Waals surface area contributed by atoms with Crippen molar-refractivity contribution in [3.8, 4) is 17.1 Å². The van der Waals surface area contributed by atoms with E-state index in [0.717, 1.165) is 0 Å². The van der Waals surface area contributed by atoms with Crippen molar-refractivity contribution in [1.29, 1.82) is 0 Å². The van der Waals surface area contributed by atoms with Crippen LogP contribution in [0.15, 0.2) is 42.7 Å². The number of aliphatic hydroxyl groups excluding tert-OH is 3. The average molecular weight is 384 g/mol. The van der Waals surface area contributed by atoms with Gasteiger partial charge in [0.2, 0.25) is 17.6 Å². The molecule has 3 heterocycles. The number of hydrogen-bond acceptors (Lipinski definition) is 9. The van der Waals surface area contributed by atoms with Crippen molar-refractivity contribution in [2.75, 3.05) is 0 Å². The predicted molar refractivity (Wildman–Crippen MR) is 86.3 cm³/mol. The van der Waals surface area contributed by atoms with Gasteiger partial charge in [0.25, 0.3) is 10.1 Å². The fraction of sp³-hybridized carbons (Fsp3) is 0.333. The Labute approximate surface area is 148 Å². The maximum absolute atomic E-state index is 11.3. The highest BCUT2D eigenvalue weighted by Gasteiger charge is 2.50. The Morgan fingerprint density at radius 3 is 2.46 bits per heavy atom. The van der Waals surface area contributed by atoms with Crippen molar-refractivity contribution in [1.82, 2.24) is 9.97 Å². The zero-order valence-electron chi connectivity index (χ0n) is 13.2. The first-order chi connectivity index (χ1) is 12.3. The molecule has 1 fully saturated rings. The SMILES string of the molecule is O=S(=O)(O)C1O[C@@H](Oc2cccc(-c3cccnc3)n2)[C@H](O)[C@@H](O)[C@@H]1O. The van der Waals surface area contributed by atoms with Crippen LogP contribution in [0.4, 0.5) is 0 Å². The van der Waals surface area contributed by atoms with Crippen LogP contribution in [0.3, 0.4) is 0 Å². The summed E-state index contributed by atoms with van der Waals surface area (Å²) in [4.78, 5) is 8.17. The lowest BCUT2D eigenvalue weighted by Gasteiger charge is -2.38. The van der Waals surface area contributed by atoms with Crippen LogP contribution in [0, 0.1) is 0 Å². The van der Waals surface area contributed by atoms with Gasteiger partial charge in [-0.25, -0.2) is 4.98 Å². The lowest BCUT2D eigenvalue weighted by Crippen LogP contribution is -2.61. The summed E-state index contributed by atoms with van der Waals surface area (Å²) < 4.78 is 41.9. The number of rotatable bonds is 4. The van der Waals surface area contributed by atoms with Crippen LogP contribution in [-0.4, -0.2) is 68.3 Å². The molecule has 1 saturated heterocycles. The largest absolute Gasteiger partial charge is 0.445 e. The van der Waals surface area contributed by atoms with E-state index in [-0.39, 0.29) is 5.88 Å². The molecule has 0 amide bonds. The molecule has 0 radical (unpaired) electrons. The highest BCUT2D eigenvalue weighted by atomic mass is 32.2. The molecule has 0 aromatic carbocycles. The third-order valence-corrected chi connectivity index (χ3v) is 4.71. The van der Waals surface area contributed by atoms with Crippen molar-refractivity contribution in [2.45, 2.75) is 30.0 Å². The predicted octanol–water partition coefficient (Wildman–Crippen LogP) is -0.825. The van der Waals surface area contributed by atoms with Crippen LogP contribution >= 0.6 is 0 Å². The molecule has 1 aliphatic heterocycles. The van der Waals surface area contributed by atoms with E-state index >= 15 is 0 Å². The molecule has 26 heavy (non-hydrogen) atoms. The van der Waals surface area contributed by atoms with Crippen molar-refractivity contribution >= 4 is 10.1 Å². The summed E-state index contributed by atoms with van der Waals surface area (Å²) in [5.74, 6) is -0.0342. The van der Waals surface area contributed by atoms with E-state index in [1.165, 1.54) is 6.07 Å². The molecule has 0 bridgehead atoms. The van der Waals surface area contributed by atoms with Gasteiger partial charge in [-0.05, 0) is 18.2 Å². The van der Waals surface area contributed by atoms with Crippen LogP contribution in [0.1, 0.15) is 0 Å². The highest BCUT2D eigenvalue weighted by Crippen LogP contribution is 2.27. The summed E-state index contributed by atoms with van der Waals surface area (Å²) in [5, 5.41) is 29.4. The van der Waals surface area contributed by atoms with Crippen LogP contribution in [0.25, 0.3) is 11.3 Å². The monoisotopic (exact) mass is 384 g/mol. The van der Waals surface area contributed by atoms with Gasteiger partial charge in [0.05, 0.1) is 5.69 Å². The molecule has 3 rings (SSSR count). The van der Waals surface area contributed by atoms with Crippen molar-refractivity contribution in [3.05, 3.63) is 42.7 Å². The molecule has 4 N–H and O–H groups in total. The molecule has 1 aliphatic rings. The lowest BCUT2D eigenvalue weighted by molar-refractivity contribution is -0.255. The van der Waals surface area contributed by atoms with Crippen LogP contribution < -0.4 is 4.74 Å². The first-order valence-electron chi connectivity index (χ1n) is 7.47. The minimum Gasteiger partial charge on any atom is -0.445 e. The molecule has 140 valence electrons. The van der Waals surface area contributed by atoms with E-state index in [1.807, 2.05) is 0 Å². The van der Waals surface area contributed by atoms with E-state index in [2.05, 4.69) is 9.97 Å². The fourth-order valence-corrected chi connectivity index (χ4v) is 3.20. The topological polar surface area (TPSA) is 159 Å². The van der Waals surface area contributed by atoms with Crippen LogP contribution in [0.2, 0.25) is 0 Å². The second-order valence-corrected chi connectivity index (χ2v) is 7.07. The molecule has 0 saturated carbocycles. The van der Waals surface area contributed by atoms with Crippen LogP contribution in [-0.2, 0) is 14.9 Å². The minimum atomic E-state index is -4.86. The van der Waals surface area contributed by atoms with E-state index in [9.17, 15) is 23.7 Å². The Balaban J connectivity index is 1.84. The van der Waals surface area contributed by atoms with Gasteiger partial charge in [-0.3, -0.25) is 9.54 Å². The Morgan fingerprint density at radius 1 is 1.04 bits per heavy atom. The minimum absolute atomic E-state index is 0.0342. The number of aromatic nitrogens is 2. The summed E-state index contributed by atoms with van der Waals surface area (Å²) in [7, 11) is -4.86. The van der Waals surface area contributed by atoms with Gasteiger partial charge in [0.1, 0.15) is 18.3 Å². The van der Waals surface area contributed by atoms with Gasteiger partial charge in [-0.15, -0.1) is 0 Å². The van der Waals surface area contributed by atoms with Gasteiger partial charge in [-0.2, -0.15) is 8.42 Å². The van der Waals surface area contributed by atoms with Gasteiger partial charge >= 0.3 is 0 Å². The Hall–Kier alpha value is -2.15. The third kappa shape index (κ3) is 3.82. The van der Waals surface area contributed by atoms with Gasteiger partial charge in [0.15, 0.2) is 0 Å². The summed E-state index contributed by atoms with van der Waals surface area (Å²) in [6.45, 7) is 0. The van der Waals surface area contributed by atoms with Gasteiger partial charge < -0.3 is 24.8 Å². The normalized spacial score (nSPS) is 29.3. The molecule has 11 heteroatoms. The number of nitrogens with zero attached hydrogens (tertiary/aromatic N) is 2. The summed E-state index contributed by atoms with van der Waals surface area (Å²) in [5.41, 5.74) is -0.991. The fourth-order valence-electron chi connectivity index (χ4n) is 2.44. The molecule has 5 atom stereocenters. The zero-order chi connectivity index (χ0) is 18.9. The summed E-state index contributed by atoms with van der Waals surface area (Å²) >= 11 is 0. The molecular formula is C15H16N2O8S. The average Bonchev–Trinajstić information content (AvgIpc) is 2.62. The molecule has 0 aliphatic carbocycles. The maximum Gasteiger partial charge on any atom is 0.295 e. The molecule has 2 aromatic rings. The molecule has 10 nitrogen and oxygen atoms in total. The summed E-state index contributed by atoms with van der Waals surface area (Å²) in [6.07, 6.45) is -4.24. The van der Waals surface area contributed by atoms with E-state index < -0.39 is 40.2 Å². The Morgan fingerprint density at radius 2 is 1.81 bits per heavy atom. The standard InChI is InChI=1S/C15H16N2O8S/c18-11-12(19)14(25-15(13(11)20)26(21,22)23)24-10-5-1-4-9(17-10)8-3-2-6-16-7-8/h1-7,11-15,18-20H,(H,21,22,23)/t11-,12-,13+,14-,15?/m1/s1. The first kappa shape index (κ1) is 18.6. The quantitative estimate of drug-likeness (QED) is 0.490. The number of ether oxygens (including phenoxy) is 2. The summed E-state index contributed by atoms with van der Waals surface area (Å²) in [6, 6.07) is 8.19. The van der Waals surface area contributed by atoms with Crippen LogP contribution in [0.5, 0.6) is 5.88 Å². The molecular weight excluding hydrogens is 368 g/mol. The van der Waals surface area contributed by atoms with Crippen molar-refractivity contribution < 1.29 is 37.8 Å².